The van der Waals surface area contributed by atoms with E-state index in [1.54, 1.807) is 11.8 Å². The van der Waals surface area contributed by atoms with E-state index in [2.05, 4.69) is 4.98 Å². The first-order chi connectivity index (χ1) is 12.2. The van der Waals surface area contributed by atoms with Crippen molar-refractivity contribution in [2.24, 2.45) is 0 Å². The van der Waals surface area contributed by atoms with Gasteiger partial charge in [-0.25, -0.2) is 9.97 Å². The minimum Gasteiger partial charge on any atom is -0.467 e. The Morgan fingerprint density at radius 1 is 1.12 bits per heavy atom. The number of halogens is 1. The number of hydrogen-bond donors (Lipinski definition) is 0. The number of ether oxygens (including phenoxy) is 2. The maximum Gasteiger partial charge on any atom is 0.189 e. The van der Waals surface area contributed by atoms with Crippen LogP contribution in [0.3, 0.4) is 0 Å². The van der Waals surface area contributed by atoms with E-state index in [9.17, 15) is 0 Å². The number of benzene rings is 2. The van der Waals surface area contributed by atoms with Crippen molar-refractivity contribution >= 4 is 34.4 Å². The number of hydrogen-bond acceptors (Lipinski definition) is 5. The first-order valence-electron chi connectivity index (χ1n) is 8.02. The van der Waals surface area contributed by atoms with Crippen molar-refractivity contribution in [3.8, 4) is 5.75 Å². The van der Waals surface area contributed by atoms with Crippen LogP contribution in [0.4, 0.5) is 0 Å². The highest BCUT2D eigenvalue weighted by atomic mass is 35.5. The molecular formula is C19H17ClN2O2S. The van der Waals surface area contributed by atoms with E-state index in [0.717, 1.165) is 50.8 Å². The molecule has 1 aliphatic heterocycles. The van der Waals surface area contributed by atoms with Gasteiger partial charge in [0.05, 0.1) is 29.0 Å². The van der Waals surface area contributed by atoms with Crippen LogP contribution in [0.2, 0.25) is 5.02 Å². The summed E-state index contributed by atoms with van der Waals surface area (Å²) in [6.07, 6.45) is 0. The fourth-order valence-electron chi connectivity index (χ4n) is 2.88. The van der Waals surface area contributed by atoms with Gasteiger partial charge in [-0.2, -0.15) is 11.8 Å². The first-order valence-corrected chi connectivity index (χ1v) is 9.56. The van der Waals surface area contributed by atoms with Gasteiger partial charge in [-0.05, 0) is 31.2 Å². The van der Waals surface area contributed by atoms with E-state index in [4.69, 9.17) is 26.1 Å². The van der Waals surface area contributed by atoms with Crippen molar-refractivity contribution in [3.63, 3.8) is 0 Å². The number of nitrogens with zero attached hydrogens (tertiary/aromatic N) is 2. The van der Waals surface area contributed by atoms with Crippen LogP contribution in [0.15, 0.2) is 36.4 Å². The van der Waals surface area contributed by atoms with Gasteiger partial charge < -0.3 is 9.47 Å². The standard InChI is InChI=1S/C19H17ClN2O2S/c1-12-18(22-17-5-3-2-4-16(17)21-12)10-25-9-14-7-15(20)6-13-8-23-11-24-19(13)14/h2-7H,8-11H2,1H3. The van der Waals surface area contributed by atoms with Crippen LogP contribution in [0.1, 0.15) is 22.5 Å². The number of thioether (sulfide) groups is 1. The summed E-state index contributed by atoms with van der Waals surface area (Å²) in [6.45, 7) is 2.85. The summed E-state index contributed by atoms with van der Waals surface area (Å²) in [6, 6.07) is 11.8. The van der Waals surface area contributed by atoms with Gasteiger partial charge in [0.1, 0.15) is 5.75 Å². The van der Waals surface area contributed by atoms with Gasteiger partial charge in [0.2, 0.25) is 0 Å². The Morgan fingerprint density at radius 3 is 2.76 bits per heavy atom. The molecule has 128 valence electrons. The average Bonchev–Trinajstić information content (AvgIpc) is 2.62. The number of aromatic nitrogens is 2. The molecule has 0 atom stereocenters. The zero-order chi connectivity index (χ0) is 17.2. The molecule has 1 aromatic heterocycles. The fraction of sp³-hybridized carbons (Fsp3) is 0.263. The topological polar surface area (TPSA) is 44.2 Å². The van der Waals surface area contributed by atoms with E-state index in [1.807, 2.05) is 43.3 Å². The SMILES string of the molecule is Cc1nc2ccccc2nc1CSCc1cc(Cl)cc2c1OCOC2. The van der Waals surface area contributed by atoms with Gasteiger partial charge in [0.15, 0.2) is 6.79 Å². The van der Waals surface area contributed by atoms with Crippen LogP contribution in [0.5, 0.6) is 5.75 Å². The van der Waals surface area contributed by atoms with E-state index >= 15 is 0 Å². The molecule has 0 unspecified atom stereocenters. The molecule has 4 nitrogen and oxygen atoms in total. The summed E-state index contributed by atoms with van der Waals surface area (Å²) in [5, 5.41) is 0.713. The Kier molecular flexibility index (Phi) is 4.79. The monoisotopic (exact) mass is 372 g/mol. The van der Waals surface area contributed by atoms with Crippen molar-refractivity contribution in [2.75, 3.05) is 6.79 Å². The highest BCUT2D eigenvalue weighted by Gasteiger charge is 2.16. The molecule has 4 rings (SSSR count). The van der Waals surface area contributed by atoms with E-state index in [-0.39, 0.29) is 0 Å². The van der Waals surface area contributed by atoms with Gasteiger partial charge in [-0.3, -0.25) is 0 Å². The van der Waals surface area contributed by atoms with Gasteiger partial charge in [-0.1, -0.05) is 23.7 Å². The highest BCUT2D eigenvalue weighted by Crippen LogP contribution is 2.34. The lowest BCUT2D eigenvalue weighted by Gasteiger charge is -2.21. The molecule has 0 N–H and O–H groups in total. The van der Waals surface area contributed by atoms with Crippen LogP contribution in [-0.2, 0) is 22.8 Å². The summed E-state index contributed by atoms with van der Waals surface area (Å²) in [5.41, 5.74) is 5.97. The van der Waals surface area contributed by atoms with E-state index < -0.39 is 0 Å². The minimum atomic E-state index is 0.293. The number of aryl methyl sites for hydroxylation is 1. The molecule has 0 fully saturated rings. The Morgan fingerprint density at radius 2 is 1.92 bits per heavy atom. The van der Waals surface area contributed by atoms with Crippen molar-refractivity contribution in [3.05, 3.63) is 63.9 Å². The zero-order valence-electron chi connectivity index (χ0n) is 13.8. The second kappa shape index (κ2) is 7.20. The summed E-state index contributed by atoms with van der Waals surface area (Å²) >= 11 is 8.01. The van der Waals surface area contributed by atoms with Gasteiger partial charge in [0.25, 0.3) is 0 Å². The molecule has 0 spiro atoms. The summed E-state index contributed by atoms with van der Waals surface area (Å²) in [7, 11) is 0. The van der Waals surface area contributed by atoms with Gasteiger partial charge >= 0.3 is 0 Å². The van der Waals surface area contributed by atoms with Gasteiger partial charge in [-0.15, -0.1) is 0 Å². The Bertz CT molecular complexity index is 933. The highest BCUT2D eigenvalue weighted by molar-refractivity contribution is 7.97. The zero-order valence-corrected chi connectivity index (χ0v) is 15.4. The molecule has 0 amide bonds. The number of para-hydroxylation sites is 2. The van der Waals surface area contributed by atoms with Crippen LogP contribution >= 0.6 is 23.4 Å². The Balaban J connectivity index is 1.51. The number of rotatable bonds is 4. The second-order valence-corrected chi connectivity index (χ2v) is 7.32. The first kappa shape index (κ1) is 16.6. The van der Waals surface area contributed by atoms with Crippen LogP contribution < -0.4 is 4.74 Å². The maximum absolute atomic E-state index is 6.23. The smallest absolute Gasteiger partial charge is 0.189 e. The molecule has 3 aromatic rings. The molecule has 0 saturated heterocycles. The number of fused-ring (bicyclic) bond motifs is 2. The molecule has 0 radical (unpaired) electrons. The summed E-state index contributed by atoms with van der Waals surface area (Å²) in [4.78, 5) is 9.40. The predicted molar refractivity (Wildman–Crippen MR) is 101 cm³/mol. The Hall–Kier alpha value is -1.82. The van der Waals surface area contributed by atoms with Crippen LogP contribution in [0.25, 0.3) is 11.0 Å². The lowest BCUT2D eigenvalue weighted by molar-refractivity contribution is -0.0168. The van der Waals surface area contributed by atoms with Crippen molar-refractivity contribution < 1.29 is 9.47 Å². The molecular weight excluding hydrogens is 356 g/mol. The third-order valence-corrected chi connectivity index (χ3v) is 5.30. The third kappa shape index (κ3) is 3.59. The molecule has 0 aliphatic carbocycles. The average molecular weight is 373 g/mol. The minimum absolute atomic E-state index is 0.293. The van der Waals surface area contributed by atoms with E-state index in [0.29, 0.717) is 18.4 Å². The van der Waals surface area contributed by atoms with E-state index in [1.165, 1.54) is 0 Å². The molecule has 2 heterocycles. The lowest BCUT2D eigenvalue weighted by Crippen LogP contribution is -2.13. The largest absolute Gasteiger partial charge is 0.467 e. The third-order valence-electron chi connectivity index (χ3n) is 4.09. The summed E-state index contributed by atoms with van der Waals surface area (Å²) in [5.74, 6) is 2.50. The molecule has 25 heavy (non-hydrogen) atoms. The molecule has 0 saturated carbocycles. The van der Waals surface area contributed by atoms with Crippen LogP contribution in [-0.4, -0.2) is 16.8 Å². The Labute approximate surface area is 155 Å². The normalized spacial score (nSPS) is 13.5. The lowest BCUT2D eigenvalue weighted by atomic mass is 10.1. The van der Waals surface area contributed by atoms with Crippen molar-refractivity contribution in [1.82, 2.24) is 9.97 Å². The quantitative estimate of drug-likeness (QED) is 0.652. The molecule has 6 heteroatoms. The fourth-order valence-corrected chi connectivity index (χ4v) is 4.15. The van der Waals surface area contributed by atoms with Crippen molar-refractivity contribution in [1.29, 1.82) is 0 Å². The second-order valence-electron chi connectivity index (χ2n) is 5.90. The molecule has 0 bridgehead atoms. The van der Waals surface area contributed by atoms with Gasteiger partial charge in [0, 0.05) is 27.7 Å². The van der Waals surface area contributed by atoms with Crippen molar-refractivity contribution in [2.45, 2.75) is 25.0 Å². The summed E-state index contributed by atoms with van der Waals surface area (Å²) < 4.78 is 11.0. The maximum atomic E-state index is 6.23. The molecule has 1 aliphatic rings. The molecule has 2 aromatic carbocycles. The van der Waals surface area contributed by atoms with Crippen LogP contribution in [0, 0.1) is 6.92 Å². The predicted octanol–water partition coefficient (Wildman–Crippen LogP) is 4.89.